The third kappa shape index (κ3) is 42.5. The van der Waals surface area contributed by atoms with Crippen LogP contribution < -0.4 is 0 Å². The van der Waals surface area contributed by atoms with Gasteiger partial charge in [-0.25, -0.2) is 9.13 Å². The average Bonchev–Trinajstić information content (AvgIpc) is 3.18. The van der Waals surface area contributed by atoms with E-state index in [1.807, 2.05) is 12.2 Å². The molecule has 2 unspecified atom stereocenters. The number of ether oxygens (including phenoxy) is 2. The Morgan fingerprint density at radius 1 is 0.559 bits per heavy atom. The first-order valence-electron chi connectivity index (χ1n) is 21.8. The third-order valence-electron chi connectivity index (χ3n) is 9.27. The molecule has 0 aromatic rings. The summed E-state index contributed by atoms with van der Waals surface area (Å²) >= 11 is 0. The predicted molar refractivity (Wildman–Crippen MR) is 231 cm³/mol. The van der Waals surface area contributed by atoms with Crippen LogP contribution in [0.15, 0.2) is 48.6 Å². The number of carbonyl (C=O) groups excluding carboxylic acids is 2. The van der Waals surface area contributed by atoms with Gasteiger partial charge >= 0.3 is 27.6 Å². The molecule has 0 aromatic heterocycles. The normalized spacial score (nSPS) is 15.6. The van der Waals surface area contributed by atoms with E-state index in [4.69, 9.17) is 23.8 Å². The predicted octanol–water partition coefficient (Wildman–Crippen LogP) is 9.89. The van der Waals surface area contributed by atoms with Crippen LogP contribution in [0.4, 0.5) is 0 Å². The van der Waals surface area contributed by atoms with Gasteiger partial charge in [0, 0.05) is 12.8 Å². The van der Waals surface area contributed by atoms with Crippen molar-refractivity contribution >= 4 is 27.6 Å². The lowest BCUT2D eigenvalue weighted by Gasteiger charge is -2.20. The van der Waals surface area contributed by atoms with E-state index in [1.54, 1.807) is 6.92 Å². The minimum Gasteiger partial charge on any atom is -0.462 e. The topological polar surface area (TPSA) is 216 Å². The van der Waals surface area contributed by atoms with Gasteiger partial charge in [0.05, 0.1) is 25.9 Å². The Balaban J connectivity index is 4.61. The molecule has 16 heteroatoms. The number of carbonyl (C=O) groups is 2. The van der Waals surface area contributed by atoms with E-state index < -0.39 is 66.2 Å². The Bertz CT molecular complexity index is 1260. The molecule has 0 saturated heterocycles. The highest BCUT2D eigenvalue weighted by Gasteiger charge is 2.28. The molecular weight excluding hydrogens is 802 g/mol. The highest BCUT2D eigenvalue weighted by atomic mass is 31.2. The molecule has 0 aliphatic rings. The van der Waals surface area contributed by atoms with E-state index >= 15 is 0 Å². The van der Waals surface area contributed by atoms with Crippen molar-refractivity contribution in [2.75, 3.05) is 26.4 Å². The number of hydrogen-bond acceptors (Lipinski definition) is 11. The molecule has 0 radical (unpaired) electrons. The Morgan fingerprint density at radius 2 is 1.03 bits per heavy atom. The van der Waals surface area contributed by atoms with Crippen molar-refractivity contribution in [3.8, 4) is 0 Å². The largest absolute Gasteiger partial charge is 0.472 e. The fraction of sp³-hybridized carbons (Fsp3) is 0.767. The summed E-state index contributed by atoms with van der Waals surface area (Å²) in [6.45, 7) is 3.56. The maximum absolute atomic E-state index is 12.7. The zero-order valence-electron chi connectivity index (χ0n) is 36.1. The van der Waals surface area contributed by atoms with Crippen LogP contribution in [0, 0.1) is 5.92 Å². The molecule has 0 saturated carbocycles. The first kappa shape index (κ1) is 57.0. The quantitative estimate of drug-likeness (QED) is 0.0168. The van der Waals surface area contributed by atoms with Crippen LogP contribution in [0.5, 0.6) is 0 Å². The van der Waals surface area contributed by atoms with Crippen LogP contribution in [0.3, 0.4) is 0 Å². The van der Waals surface area contributed by atoms with Crippen molar-refractivity contribution in [1.29, 1.82) is 0 Å². The van der Waals surface area contributed by atoms with Crippen molar-refractivity contribution < 1.29 is 66.7 Å². The highest BCUT2D eigenvalue weighted by molar-refractivity contribution is 7.47. The second-order valence-electron chi connectivity index (χ2n) is 15.1. The van der Waals surface area contributed by atoms with Crippen LogP contribution >= 0.6 is 15.6 Å². The van der Waals surface area contributed by atoms with E-state index in [-0.39, 0.29) is 18.9 Å². The number of hydrogen-bond donors (Lipinski definition) is 5. The van der Waals surface area contributed by atoms with Crippen LogP contribution in [-0.2, 0) is 41.8 Å². The summed E-state index contributed by atoms with van der Waals surface area (Å²) < 4.78 is 47.7. The minimum absolute atomic E-state index is 0.107. The summed E-state index contributed by atoms with van der Waals surface area (Å²) in [5, 5.41) is 19.0. The molecule has 0 fully saturated rings. The molecule has 0 aromatic carbocycles. The highest BCUT2D eigenvalue weighted by Crippen LogP contribution is 2.43. The first-order valence-corrected chi connectivity index (χ1v) is 24.8. The van der Waals surface area contributed by atoms with Gasteiger partial charge in [0.2, 0.25) is 0 Å². The molecule has 0 heterocycles. The zero-order chi connectivity index (χ0) is 44.0. The molecule has 59 heavy (non-hydrogen) atoms. The lowest BCUT2D eigenvalue weighted by molar-refractivity contribution is -0.161. The van der Waals surface area contributed by atoms with Gasteiger partial charge in [0.15, 0.2) is 6.10 Å². The SMILES string of the molecule is CCC(C)CCCCCCCCCCCCC(=O)O[C@H](COC(=O)CCC/C=C\C/C=C\C/C=C\C/C=C\CCC[C@@H](C)O)COP(=O)(O)OC[C@@H](O)COP(=O)(O)O. The van der Waals surface area contributed by atoms with Crippen LogP contribution in [0.1, 0.15) is 162 Å². The summed E-state index contributed by atoms with van der Waals surface area (Å²) in [7, 11) is -9.70. The van der Waals surface area contributed by atoms with Crippen LogP contribution in [-0.4, -0.2) is 81.6 Å². The zero-order valence-corrected chi connectivity index (χ0v) is 37.9. The lowest BCUT2D eigenvalue weighted by Crippen LogP contribution is -2.30. The van der Waals surface area contributed by atoms with Gasteiger partial charge in [-0.2, -0.15) is 0 Å². The minimum atomic E-state index is -4.87. The summed E-state index contributed by atoms with van der Waals surface area (Å²) in [5.41, 5.74) is 0. The fourth-order valence-electron chi connectivity index (χ4n) is 5.57. The van der Waals surface area contributed by atoms with E-state index in [0.29, 0.717) is 19.3 Å². The molecule has 0 aliphatic carbocycles. The average molecular weight is 881 g/mol. The van der Waals surface area contributed by atoms with Crippen molar-refractivity contribution in [1.82, 2.24) is 0 Å². The Morgan fingerprint density at radius 3 is 1.58 bits per heavy atom. The molecular formula is C43H78O14P2. The Labute approximate surface area is 354 Å². The molecule has 0 spiro atoms. The molecule has 0 rings (SSSR count). The number of allylic oxidation sites excluding steroid dienone is 8. The van der Waals surface area contributed by atoms with E-state index in [1.165, 1.54) is 44.9 Å². The molecule has 5 atom stereocenters. The number of phosphoric ester groups is 2. The van der Waals surface area contributed by atoms with E-state index in [9.17, 15) is 33.8 Å². The molecule has 344 valence electrons. The summed E-state index contributed by atoms with van der Waals surface area (Å²) in [6, 6.07) is 0. The van der Waals surface area contributed by atoms with Gasteiger partial charge in [0.1, 0.15) is 12.7 Å². The summed E-state index contributed by atoms with van der Waals surface area (Å²) in [4.78, 5) is 52.6. The molecule has 5 N–H and O–H groups in total. The van der Waals surface area contributed by atoms with E-state index in [0.717, 1.165) is 70.1 Å². The van der Waals surface area contributed by atoms with Gasteiger partial charge in [-0.1, -0.05) is 133 Å². The Kier molecular flexibility index (Phi) is 36.5. The van der Waals surface area contributed by atoms with Crippen molar-refractivity contribution in [3.63, 3.8) is 0 Å². The lowest BCUT2D eigenvalue weighted by atomic mass is 9.99. The standard InChI is InChI=1S/C43H78O14P2/c1-4-38(2)30-26-22-18-14-12-13-17-21-25-29-33-43(47)57-41(37-56-59(51,52)55-35-40(45)34-54-58(48,49)50)36-53-42(46)32-28-24-20-16-11-9-7-5-6-8-10-15-19-23-27-31-39(3)44/h6-9,15-16,19-20,38-41,44-45H,4-5,10-14,17-18,21-37H2,1-3H3,(H,51,52)(H2,48,49,50)/b8-6-,9-7-,19-15-,20-16-/t38?,39-,40+,41-/m1/s1. The second-order valence-corrected chi connectivity index (χ2v) is 17.8. The molecule has 0 amide bonds. The number of phosphoric acid groups is 2. The number of aliphatic hydroxyl groups excluding tert-OH is 2. The molecule has 0 aliphatic heterocycles. The van der Waals surface area contributed by atoms with Gasteiger partial charge < -0.3 is 34.4 Å². The maximum Gasteiger partial charge on any atom is 0.472 e. The van der Waals surface area contributed by atoms with Crippen molar-refractivity contribution in [2.24, 2.45) is 5.92 Å². The molecule has 0 bridgehead atoms. The van der Waals surface area contributed by atoms with Gasteiger partial charge in [0.25, 0.3) is 0 Å². The fourth-order valence-corrected chi connectivity index (χ4v) is 6.73. The maximum atomic E-state index is 12.7. The van der Waals surface area contributed by atoms with Crippen LogP contribution in [0.25, 0.3) is 0 Å². The number of rotatable bonds is 40. The second kappa shape index (κ2) is 37.8. The monoisotopic (exact) mass is 880 g/mol. The number of unbranched alkanes of at least 4 members (excludes halogenated alkanes) is 11. The van der Waals surface area contributed by atoms with Crippen molar-refractivity contribution in [3.05, 3.63) is 48.6 Å². The molecule has 14 nitrogen and oxygen atoms in total. The van der Waals surface area contributed by atoms with Gasteiger partial charge in [-0.3, -0.25) is 23.2 Å². The summed E-state index contributed by atoms with van der Waals surface area (Å²) in [5.74, 6) is -0.301. The van der Waals surface area contributed by atoms with Crippen molar-refractivity contribution in [2.45, 2.75) is 180 Å². The number of esters is 2. The number of aliphatic hydroxyl groups is 2. The van der Waals surface area contributed by atoms with Gasteiger partial charge in [-0.05, 0) is 70.6 Å². The van der Waals surface area contributed by atoms with E-state index in [2.05, 4.69) is 59.4 Å². The summed E-state index contributed by atoms with van der Waals surface area (Å²) in [6.07, 6.45) is 33.9. The third-order valence-corrected chi connectivity index (χ3v) is 10.7. The van der Waals surface area contributed by atoms with Gasteiger partial charge in [-0.15, -0.1) is 0 Å². The van der Waals surface area contributed by atoms with Crippen LogP contribution in [0.2, 0.25) is 0 Å². The first-order chi connectivity index (χ1) is 28.1. The smallest absolute Gasteiger partial charge is 0.462 e. The Hall–Kier alpha value is -1.96.